The molecule has 1 saturated heterocycles. The molecule has 1 fully saturated rings. The van der Waals surface area contributed by atoms with E-state index in [1.165, 1.54) is 29.2 Å². The van der Waals surface area contributed by atoms with E-state index in [9.17, 15) is 29.9 Å². The lowest BCUT2D eigenvalue weighted by Crippen LogP contribution is -2.32. The van der Waals surface area contributed by atoms with Crippen molar-refractivity contribution in [1.82, 2.24) is 4.90 Å². The van der Waals surface area contributed by atoms with Crippen LogP contribution in [0.4, 0.5) is 5.69 Å². The Morgan fingerprint density at radius 1 is 1.11 bits per heavy atom. The number of benzene rings is 2. The Kier molecular flexibility index (Phi) is 5.43. The zero-order valence-electron chi connectivity index (χ0n) is 14.4. The predicted octanol–water partition coefficient (Wildman–Crippen LogP) is 2.66. The van der Waals surface area contributed by atoms with Crippen LogP contribution in [-0.2, 0) is 9.59 Å². The van der Waals surface area contributed by atoms with Crippen LogP contribution in [0.25, 0.3) is 5.76 Å². The highest BCUT2D eigenvalue weighted by Gasteiger charge is 2.45. The van der Waals surface area contributed by atoms with Gasteiger partial charge in [0.05, 0.1) is 23.1 Å². The number of hydrogen-bond donors (Lipinski definition) is 2. The number of likely N-dealkylation sites (tertiary alicyclic amines) is 1. The van der Waals surface area contributed by atoms with Crippen molar-refractivity contribution in [3.8, 4) is 0 Å². The Bertz CT molecular complexity index is 969. The number of aliphatic hydroxyl groups is 2. The van der Waals surface area contributed by atoms with Crippen molar-refractivity contribution in [2.75, 3.05) is 13.2 Å². The summed E-state index contributed by atoms with van der Waals surface area (Å²) in [7, 11) is 0. The van der Waals surface area contributed by atoms with Gasteiger partial charge in [0, 0.05) is 29.3 Å². The number of aliphatic hydroxyl groups excluding tert-OH is 2. The molecule has 1 aliphatic heterocycles. The maximum absolute atomic E-state index is 12.6. The van der Waals surface area contributed by atoms with Gasteiger partial charge in [-0.3, -0.25) is 19.7 Å². The fourth-order valence-corrected chi connectivity index (χ4v) is 3.23. The average Bonchev–Trinajstić information content (AvgIpc) is 2.93. The van der Waals surface area contributed by atoms with Gasteiger partial charge in [0.15, 0.2) is 0 Å². The van der Waals surface area contributed by atoms with Gasteiger partial charge >= 0.3 is 0 Å². The summed E-state index contributed by atoms with van der Waals surface area (Å²) in [5, 5.41) is 31.3. The van der Waals surface area contributed by atoms with Crippen molar-refractivity contribution in [3.05, 3.63) is 80.4 Å². The van der Waals surface area contributed by atoms with Crippen LogP contribution in [0.1, 0.15) is 17.2 Å². The normalized spacial score (nSPS) is 18.5. The molecule has 0 radical (unpaired) electrons. The van der Waals surface area contributed by atoms with E-state index in [4.69, 9.17) is 11.6 Å². The van der Waals surface area contributed by atoms with Gasteiger partial charge in [-0.25, -0.2) is 0 Å². The lowest BCUT2D eigenvalue weighted by atomic mass is 9.95. The van der Waals surface area contributed by atoms with E-state index < -0.39 is 28.4 Å². The number of Topliss-reactive ketones (excluding diaryl/α,β-unsaturated/α-hetero) is 1. The van der Waals surface area contributed by atoms with E-state index in [2.05, 4.69) is 0 Å². The summed E-state index contributed by atoms with van der Waals surface area (Å²) in [5.74, 6) is -2.20. The molecule has 2 aromatic carbocycles. The molecule has 1 atom stereocenters. The fourth-order valence-electron chi connectivity index (χ4n) is 3.11. The molecule has 9 heteroatoms. The molecule has 1 aliphatic rings. The Morgan fingerprint density at radius 2 is 1.71 bits per heavy atom. The van der Waals surface area contributed by atoms with Crippen LogP contribution >= 0.6 is 11.6 Å². The first-order valence-corrected chi connectivity index (χ1v) is 8.62. The molecule has 8 nitrogen and oxygen atoms in total. The third-order valence-electron chi connectivity index (χ3n) is 4.42. The second-order valence-electron chi connectivity index (χ2n) is 6.07. The summed E-state index contributed by atoms with van der Waals surface area (Å²) < 4.78 is 0. The molecular weight excluding hydrogens is 388 g/mol. The maximum atomic E-state index is 12.6. The van der Waals surface area contributed by atoms with Crippen molar-refractivity contribution in [2.24, 2.45) is 0 Å². The molecule has 0 bridgehead atoms. The summed E-state index contributed by atoms with van der Waals surface area (Å²) >= 11 is 5.90. The highest BCUT2D eigenvalue weighted by atomic mass is 35.5. The predicted molar refractivity (Wildman–Crippen MR) is 101 cm³/mol. The van der Waals surface area contributed by atoms with Crippen LogP contribution in [0.3, 0.4) is 0 Å². The second kappa shape index (κ2) is 7.79. The molecular formula is C19H15ClN2O6. The van der Waals surface area contributed by atoms with Crippen LogP contribution < -0.4 is 0 Å². The van der Waals surface area contributed by atoms with E-state index in [1.807, 2.05) is 0 Å². The first-order valence-electron chi connectivity index (χ1n) is 8.24. The van der Waals surface area contributed by atoms with E-state index in [1.54, 1.807) is 24.3 Å². The third-order valence-corrected chi connectivity index (χ3v) is 4.67. The molecule has 144 valence electrons. The first kappa shape index (κ1) is 19.5. The molecule has 1 unspecified atom stereocenters. The van der Waals surface area contributed by atoms with Crippen LogP contribution in [0.5, 0.6) is 0 Å². The van der Waals surface area contributed by atoms with Gasteiger partial charge in [0.25, 0.3) is 17.4 Å². The van der Waals surface area contributed by atoms with Gasteiger partial charge < -0.3 is 15.1 Å². The molecule has 2 aromatic rings. The highest BCUT2D eigenvalue weighted by Crippen LogP contribution is 2.39. The molecule has 1 amide bonds. The monoisotopic (exact) mass is 402 g/mol. The molecule has 2 N–H and O–H groups in total. The van der Waals surface area contributed by atoms with Crippen molar-refractivity contribution in [3.63, 3.8) is 0 Å². The van der Waals surface area contributed by atoms with Crippen molar-refractivity contribution < 1.29 is 24.7 Å². The Morgan fingerprint density at radius 3 is 2.25 bits per heavy atom. The van der Waals surface area contributed by atoms with Crippen LogP contribution in [0.2, 0.25) is 5.02 Å². The van der Waals surface area contributed by atoms with Gasteiger partial charge in [0.1, 0.15) is 5.76 Å². The summed E-state index contributed by atoms with van der Waals surface area (Å²) in [4.78, 5) is 36.4. The zero-order valence-corrected chi connectivity index (χ0v) is 15.2. The second-order valence-corrected chi connectivity index (χ2v) is 6.51. The standard InChI is InChI=1S/C19H15ClN2O6/c20-13-5-1-11(2-6-13)16-15(18(25)19(26)21(16)9-10-23)17(24)12-3-7-14(8-4-12)22(27)28/h1-8,16,23-24H,9-10H2/b17-15+. The number of nitro groups is 1. The lowest BCUT2D eigenvalue weighted by Gasteiger charge is -2.24. The van der Waals surface area contributed by atoms with E-state index >= 15 is 0 Å². The minimum Gasteiger partial charge on any atom is -0.507 e. The molecule has 1 heterocycles. The zero-order chi connectivity index (χ0) is 20.4. The number of nitro benzene ring substituents is 1. The molecule has 28 heavy (non-hydrogen) atoms. The number of non-ortho nitro benzene ring substituents is 1. The summed E-state index contributed by atoms with van der Waals surface area (Å²) in [5.41, 5.74) is 0.355. The minimum atomic E-state index is -0.917. The Labute approximate surface area is 164 Å². The van der Waals surface area contributed by atoms with Crippen LogP contribution in [0, 0.1) is 10.1 Å². The van der Waals surface area contributed by atoms with E-state index in [-0.39, 0.29) is 30.0 Å². The number of nitrogens with zero attached hydrogens (tertiary/aromatic N) is 2. The Balaban J connectivity index is 2.14. The minimum absolute atomic E-state index is 0.102. The Hall–Kier alpha value is -3.23. The number of rotatable bonds is 5. The van der Waals surface area contributed by atoms with E-state index in [0.717, 1.165) is 0 Å². The topological polar surface area (TPSA) is 121 Å². The van der Waals surface area contributed by atoms with Gasteiger partial charge in [-0.15, -0.1) is 0 Å². The number of carbonyl (C=O) groups is 2. The van der Waals surface area contributed by atoms with Gasteiger partial charge in [0.2, 0.25) is 0 Å². The number of hydrogen-bond acceptors (Lipinski definition) is 6. The number of β-amino-alcohol motifs (C(OH)–C–C–N with tert-alkyl or cyclic N) is 1. The van der Waals surface area contributed by atoms with Gasteiger partial charge in [-0.05, 0) is 29.8 Å². The van der Waals surface area contributed by atoms with Crippen LogP contribution in [0.15, 0.2) is 54.1 Å². The van der Waals surface area contributed by atoms with Crippen molar-refractivity contribution >= 4 is 34.7 Å². The summed E-state index contributed by atoms with van der Waals surface area (Å²) in [6, 6.07) is 10.5. The average molecular weight is 403 g/mol. The van der Waals surface area contributed by atoms with Crippen molar-refractivity contribution in [2.45, 2.75) is 6.04 Å². The highest BCUT2D eigenvalue weighted by molar-refractivity contribution is 6.46. The molecule has 0 saturated carbocycles. The molecule has 0 aromatic heterocycles. The van der Waals surface area contributed by atoms with Gasteiger partial charge in [-0.2, -0.15) is 0 Å². The quantitative estimate of drug-likeness (QED) is 0.261. The van der Waals surface area contributed by atoms with Crippen LogP contribution in [-0.4, -0.2) is 44.9 Å². The summed E-state index contributed by atoms with van der Waals surface area (Å²) in [6.07, 6.45) is 0. The molecule has 3 rings (SSSR count). The number of halogens is 1. The summed E-state index contributed by atoms with van der Waals surface area (Å²) in [6.45, 7) is -0.469. The fraction of sp³-hybridized carbons (Fsp3) is 0.158. The SMILES string of the molecule is O=C1C(=O)N(CCO)C(c2ccc(Cl)cc2)/C1=C(\O)c1ccc([N+](=O)[O-])cc1. The lowest BCUT2D eigenvalue weighted by molar-refractivity contribution is -0.384. The number of amides is 1. The number of ketones is 1. The van der Waals surface area contributed by atoms with Crippen molar-refractivity contribution in [1.29, 1.82) is 0 Å². The third kappa shape index (κ3) is 3.47. The van der Waals surface area contributed by atoms with E-state index in [0.29, 0.717) is 10.6 Å². The smallest absolute Gasteiger partial charge is 0.295 e. The largest absolute Gasteiger partial charge is 0.507 e. The maximum Gasteiger partial charge on any atom is 0.295 e. The molecule has 0 aliphatic carbocycles. The first-order chi connectivity index (χ1) is 13.3. The molecule has 0 spiro atoms. The van der Waals surface area contributed by atoms with Gasteiger partial charge in [-0.1, -0.05) is 23.7 Å². The number of carbonyl (C=O) groups excluding carboxylic acids is 2.